The summed E-state index contributed by atoms with van der Waals surface area (Å²) in [5.41, 5.74) is 7.64. The van der Waals surface area contributed by atoms with E-state index in [1.807, 2.05) is 23.1 Å². The molecule has 1 aliphatic carbocycles. The maximum absolute atomic E-state index is 12.7. The summed E-state index contributed by atoms with van der Waals surface area (Å²) in [5, 5.41) is 1.18. The summed E-state index contributed by atoms with van der Waals surface area (Å²) in [6.45, 7) is 0.539. The van der Waals surface area contributed by atoms with Crippen LogP contribution in [0.15, 0.2) is 42.5 Å². The molecule has 0 atom stereocenters. The standard InChI is InChI=1S/C20H20Cl2N2O2/c21-16-7-5-14(18(22)11-16)6-10-19(25)24(17-8-9-17)12-13-1-3-15(4-2-13)20(23)26/h1-5,7,11,17H,6,8-10,12H2,(H2,23,26). The normalized spacial score (nSPS) is 13.5. The summed E-state index contributed by atoms with van der Waals surface area (Å²) in [4.78, 5) is 25.8. The van der Waals surface area contributed by atoms with E-state index in [-0.39, 0.29) is 5.91 Å². The summed E-state index contributed by atoms with van der Waals surface area (Å²) in [6, 6.07) is 12.7. The predicted octanol–water partition coefficient (Wildman–Crippen LogP) is 4.22. The summed E-state index contributed by atoms with van der Waals surface area (Å²) in [6.07, 6.45) is 3.05. The highest BCUT2D eigenvalue weighted by Gasteiger charge is 2.32. The Morgan fingerprint density at radius 3 is 2.35 bits per heavy atom. The summed E-state index contributed by atoms with van der Waals surface area (Å²) in [5.74, 6) is -0.344. The van der Waals surface area contributed by atoms with Crippen molar-refractivity contribution in [1.82, 2.24) is 4.90 Å². The Bertz CT molecular complexity index is 817. The molecule has 0 spiro atoms. The first kappa shape index (κ1) is 18.7. The molecular formula is C20H20Cl2N2O2. The number of benzene rings is 2. The molecule has 0 saturated heterocycles. The minimum Gasteiger partial charge on any atom is -0.366 e. The third-order valence-electron chi connectivity index (χ3n) is 4.52. The lowest BCUT2D eigenvalue weighted by atomic mass is 10.1. The number of nitrogens with two attached hydrogens (primary N) is 1. The van der Waals surface area contributed by atoms with Crippen LogP contribution in [0.25, 0.3) is 0 Å². The second-order valence-corrected chi connectivity index (χ2v) is 7.39. The monoisotopic (exact) mass is 390 g/mol. The number of primary amides is 1. The van der Waals surface area contributed by atoms with E-state index in [4.69, 9.17) is 28.9 Å². The van der Waals surface area contributed by atoms with Gasteiger partial charge in [-0.15, -0.1) is 0 Å². The zero-order valence-corrected chi connectivity index (χ0v) is 15.8. The summed E-state index contributed by atoms with van der Waals surface area (Å²) < 4.78 is 0. The summed E-state index contributed by atoms with van der Waals surface area (Å²) in [7, 11) is 0. The fourth-order valence-electron chi connectivity index (χ4n) is 2.89. The van der Waals surface area contributed by atoms with E-state index in [2.05, 4.69) is 0 Å². The van der Waals surface area contributed by atoms with Crippen LogP contribution in [0, 0.1) is 0 Å². The number of carbonyl (C=O) groups is 2. The summed E-state index contributed by atoms with van der Waals surface area (Å²) >= 11 is 12.1. The van der Waals surface area contributed by atoms with Gasteiger partial charge in [-0.3, -0.25) is 9.59 Å². The Morgan fingerprint density at radius 2 is 1.77 bits per heavy atom. The van der Waals surface area contributed by atoms with Crippen molar-refractivity contribution in [2.24, 2.45) is 5.73 Å². The molecule has 1 saturated carbocycles. The minimum absolute atomic E-state index is 0.109. The topological polar surface area (TPSA) is 63.4 Å². The van der Waals surface area contributed by atoms with Gasteiger partial charge in [0.15, 0.2) is 0 Å². The smallest absolute Gasteiger partial charge is 0.248 e. The van der Waals surface area contributed by atoms with Crippen molar-refractivity contribution in [3.63, 3.8) is 0 Å². The van der Waals surface area contributed by atoms with Gasteiger partial charge in [0.2, 0.25) is 11.8 Å². The van der Waals surface area contributed by atoms with Crippen molar-refractivity contribution >= 4 is 35.0 Å². The molecule has 2 N–H and O–H groups in total. The van der Waals surface area contributed by atoms with E-state index in [9.17, 15) is 9.59 Å². The van der Waals surface area contributed by atoms with Crippen LogP contribution in [0.2, 0.25) is 10.0 Å². The zero-order valence-electron chi connectivity index (χ0n) is 14.3. The van der Waals surface area contributed by atoms with Crippen LogP contribution in [-0.4, -0.2) is 22.8 Å². The molecule has 2 aromatic rings. The predicted molar refractivity (Wildman–Crippen MR) is 103 cm³/mol. The molecule has 2 aromatic carbocycles. The van der Waals surface area contributed by atoms with Crippen molar-refractivity contribution in [3.8, 4) is 0 Å². The molecule has 2 amide bonds. The van der Waals surface area contributed by atoms with Gasteiger partial charge < -0.3 is 10.6 Å². The molecule has 1 aliphatic rings. The fourth-order valence-corrected chi connectivity index (χ4v) is 3.39. The number of amides is 2. The number of rotatable bonds is 7. The van der Waals surface area contributed by atoms with E-state index >= 15 is 0 Å². The van der Waals surface area contributed by atoms with E-state index < -0.39 is 5.91 Å². The van der Waals surface area contributed by atoms with Gasteiger partial charge in [0.1, 0.15) is 0 Å². The average Bonchev–Trinajstić information content (AvgIpc) is 3.44. The Morgan fingerprint density at radius 1 is 1.08 bits per heavy atom. The second kappa shape index (κ2) is 8.11. The quantitative estimate of drug-likeness (QED) is 0.768. The zero-order chi connectivity index (χ0) is 18.7. The van der Waals surface area contributed by atoms with Crippen molar-refractivity contribution in [3.05, 3.63) is 69.2 Å². The molecule has 26 heavy (non-hydrogen) atoms. The Balaban J connectivity index is 1.63. The third-order valence-corrected chi connectivity index (χ3v) is 5.11. The van der Waals surface area contributed by atoms with Crippen LogP contribution < -0.4 is 5.73 Å². The Kier molecular flexibility index (Phi) is 5.84. The van der Waals surface area contributed by atoms with Gasteiger partial charge in [-0.1, -0.05) is 41.4 Å². The van der Waals surface area contributed by atoms with Crippen LogP contribution in [-0.2, 0) is 17.8 Å². The van der Waals surface area contributed by atoms with E-state index in [0.717, 1.165) is 24.0 Å². The minimum atomic E-state index is -0.452. The van der Waals surface area contributed by atoms with Gasteiger partial charge >= 0.3 is 0 Å². The van der Waals surface area contributed by atoms with Gasteiger partial charge in [-0.05, 0) is 54.7 Å². The van der Waals surface area contributed by atoms with Gasteiger partial charge in [-0.2, -0.15) is 0 Å². The lowest BCUT2D eigenvalue weighted by Crippen LogP contribution is -2.32. The molecule has 4 nitrogen and oxygen atoms in total. The SMILES string of the molecule is NC(=O)c1ccc(CN(C(=O)CCc2ccc(Cl)cc2Cl)C2CC2)cc1. The van der Waals surface area contributed by atoms with Crippen molar-refractivity contribution in [2.75, 3.05) is 0 Å². The van der Waals surface area contributed by atoms with Crippen LogP contribution in [0.4, 0.5) is 0 Å². The van der Waals surface area contributed by atoms with Gasteiger partial charge in [-0.25, -0.2) is 0 Å². The molecule has 0 bridgehead atoms. The van der Waals surface area contributed by atoms with Gasteiger partial charge in [0.25, 0.3) is 0 Å². The number of halogens is 2. The maximum Gasteiger partial charge on any atom is 0.248 e. The third kappa shape index (κ3) is 4.77. The number of nitrogens with zero attached hydrogens (tertiary/aromatic N) is 1. The largest absolute Gasteiger partial charge is 0.366 e. The van der Waals surface area contributed by atoms with E-state index in [0.29, 0.717) is 41.0 Å². The van der Waals surface area contributed by atoms with Gasteiger partial charge in [0.05, 0.1) is 0 Å². The first-order chi connectivity index (χ1) is 12.4. The Hall–Kier alpha value is -2.04. The first-order valence-electron chi connectivity index (χ1n) is 8.56. The molecular weight excluding hydrogens is 371 g/mol. The highest BCUT2D eigenvalue weighted by atomic mass is 35.5. The number of carbonyl (C=O) groups excluding carboxylic acids is 2. The van der Waals surface area contributed by atoms with Crippen molar-refractivity contribution < 1.29 is 9.59 Å². The number of aryl methyl sites for hydroxylation is 1. The van der Waals surface area contributed by atoms with Crippen molar-refractivity contribution in [1.29, 1.82) is 0 Å². The number of hydrogen-bond acceptors (Lipinski definition) is 2. The molecule has 0 heterocycles. The number of hydrogen-bond donors (Lipinski definition) is 1. The van der Waals surface area contributed by atoms with Crippen LogP contribution in [0.1, 0.15) is 40.7 Å². The van der Waals surface area contributed by atoms with Crippen LogP contribution >= 0.6 is 23.2 Å². The lowest BCUT2D eigenvalue weighted by Gasteiger charge is -2.23. The Labute approximate surface area is 162 Å². The maximum atomic E-state index is 12.7. The first-order valence-corrected chi connectivity index (χ1v) is 9.32. The second-order valence-electron chi connectivity index (χ2n) is 6.55. The molecule has 136 valence electrons. The van der Waals surface area contributed by atoms with Gasteiger partial charge in [0, 0.05) is 34.6 Å². The lowest BCUT2D eigenvalue weighted by molar-refractivity contribution is -0.132. The van der Waals surface area contributed by atoms with Crippen LogP contribution in [0.3, 0.4) is 0 Å². The van der Waals surface area contributed by atoms with Crippen LogP contribution in [0.5, 0.6) is 0 Å². The van der Waals surface area contributed by atoms with Crippen molar-refractivity contribution in [2.45, 2.75) is 38.3 Å². The highest BCUT2D eigenvalue weighted by molar-refractivity contribution is 6.35. The van der Waals surface area contributed by atoms with E-state index in [1.54, 1.807) is 24.3 Å². The fraction of sp³-hybridized carbons (Fsp3) is 0.300. The molecule has 0 unspecified atom stereocenters. The van der Waals surface area contributed by atoms with E-state index in [1.165, 1.54) is 0 Å². The molecule has 1 fully saturated rings. The average molecular weight is 391 g/mol. The highest BCUT2D eigenvalue weighted by Crippen LogP contribution is 2.30. The molecule has 6 heteroatoms. The molecule has 3 rings (SSSR count). The molecule has 0 radical (unpaired) electrons. The molecule has 0 aromatic heterocycles. The molecule has 0 aliphatic heterocycles.